The summed E-state index contributed by atoms with van der Waals surface area (Å²) in [5.41, 5.74) is -0.0774. The second-order valence-electron chi connectivity index (χ2n) is 2.43. The van der Waals surface area contributed by atoms with E-state index in [2.05, 4.69) is 26.2 Å². The smallest absolute Gasteiger partial charge is 0.288 e. The monoisotopic (exact) mass is 261 g/mol. The number of hydrogen-bond donors (Lipinski definition) is 2. The van der Waals surface area contributed by atoms with Crippen molar-refractivity contribution in [3.63, 3.8) is 0 Å². The summed E-state index contributed by atoms with van der Waals surface area (Å²) in [7, 11) is 0. The largest absolute Gasteiger partial charge is 0.395 e. The number of nitrogens with one attached hydrogen (secondary N) is 1. The molecule has 0 spiro atoms. The summed E-state index contributed by atoms with van der Waals surface area (Å²) in [6.45, 7) is 0.328. The molecule has 6 nitrogen and oxygen atoms in total. The Morgan fingerprint density at radius 1 is 1.71 bits per heavy atom. The maximum Gasteiger partial charge on any atom is 0.288 e. The first-order chi connectivity index (χ1) is 6.65. The van der Waals surface area contributed by atoms with Crippen LogP contribution in [0.4, 0.5) is 11.5 Å². The van der Waals surface area contributed by atoms with Crippen molar-refractivity contribution in [1.82, 2.24) is 4.98 Å². The lowest BCUT2D eigenvalue weighted by Gasteiger charge is -2.04. The first-order valence-corrected chi connectivity index (χ1v) is 4.59. The Labute approximate surface area is 88.2 Å². The third-order valence-corrected chi connectivity index (χ3v) is 2.05. The fraction of sp³-hybridized carbons (Fsp3) is 0.286. The molecule has 0 aliphatic carbocycles. The predicted octanol–water partition coefficient (Wildman–Crippen LogP) is 1.16. The first-order valence-electron chi connectivity index (χ1n) is 3.80. The fourth-order valence-electron chi connectivity index (χ4n) is 0.832. The van der Waals surface area contributed by atoms with Gasteiger partial charge in [0, 0.05) is 12.6 Å². The van der Waals surface area contributed by atoms with Crippen molar-refractivity contribution in [2.75, 3.05) is 18.5 Å². The number of halogens is 1. The van der Waals surface area contributed by atoms with Crippen LogP contribution in [0.3, 0.4) is 0 Å². The second-order valence-corrected chi connectivity index (χ2v) is 3.29. The summed E-state index contributed by atoms with van der Waals surface area (Å²) in [5.74, 6) is 0.477. The molecule has 0 radical (unpaired) electrons. The van der Waals surface area contributed by atoms with Gasteiger partial charge in [-0.3, -0.25) is 10.1 Å². The lowest BCUT2D eigenvalue weighted by molar-refractivity contribution is -0.385. The molecule has 0 amide bonds. The molecule has 2 N–H and O–H groups in total. The van der Waals surface area contributed by atoms with Crippen LogP contribution in [0.25, 0.3) is 0 Å². The van der Waals surface area contributed by atoms with Gasteiger partial charge < -0.3 is 10.4 Å². The van der Waals surface area contributed by atoms with E-state index in [0.717, 1.165) is 6.20 Å². The van der Waals surface area contributed by atoms with Crippen molar-refractivity contribution < 1.29 is 10.0 Å². The molecule has 1 aromatic rings. The van der Waals surface area contributed by atoms with E-state index >= 15 is 0 Å². The molecule has 76 valence electrons. The summed E-state index contributed by atoms with van der Waals surface area (Å²) in [5, 5.41) is 21.7. The molecule has 0 bridgehead atoms. The summed E-state index contributed by atoms with van der Waals surface area (Å²) in [6.07, 6.45) is 1.16. The minimum atomic E-state index is -0.520. The Balaban J connectivity index is 2.84. The minimum absolute atomic E-state index is 0.0227. The fourth-order valence-corrected chi connectivity index (χ4v) is 1.31. The molecule has 1 rings (SSSR count). The van der Waals surface area contributed by atoms with Crippen molar-refractivity contribution in [2.24, 2.45) is 0 Å². The van der Waals surface area contributed by atoms with E-state index < -0.39 is 4.92 Å². The second kappa shape index (κ2) is 4.87. The van der Waals surface area contributed by atoms with Crippen molar-refractivity contribution in [2.45, 2.75) is 0 Å². The summed E-state index contributed by atoms with van der Waals surface area (Å²) >= 11 is 3.13. The Bertz CT molecular complexity index is 345. The number of aliphatic hydroxyl groups excluding tert-OH is 1. The summed E-state index contributed by atoms with van der Waals surface area (Å²) in [4.78, 5) is 13.7. The zero-order chi connectivity index (χ0) is 10.6. The van der Waals surface area contributed by atoms with E-state index in [0.29, 0.717) is 16.8 Å². The third kappa shape index (κ3) is 2.64. The van der Waals surface area contributed by atoms with E-state index in [1.54, 1.807) is 0 Å². The van der Waals surface area contributed by atoms with E-state index in [9.17, 15) is 10.1 Å². The molecule has 0 saturated carbocycles. The number of pyridine rings is 1. The number of hydrogen-bond acceptors (Lipinski definition) is 5. The highest BCUT2D eigenvalue weighted by molar-refractivity contribution is 9.10. The average Bonchev–Trinajstić information content (AvgIpc) is 2.15. The minimum Gasteiger partial charge on any atom is -0.395 e. The van der Waals surface area contributed by atoms with Crippen LogP contribution in [-0.2, 0) is 0 Å². The molecule has 1 heterocycles. The Morgan fingerprint density at radius 2 is 2.43 bits per heavy atom. The van der Waals surface area contributed by atoms with Gasteiger partial charge in [-0.15, -0.1) is 0 Å². The van der Waals surface area contributed by atoms with Crippen LogP contribution in [0.5, 0.6) is 0 Å². The van der Waals surface area contributed by atoms with E-state index in [4.69, 9.17) is 5.11 Å². The maximum absolute atomic E-state index is 10.4. The van der Waals surface area contributed by atoms with E-state index in [1.807, 2.05) is 0 Å². The molecule has 0 aliphatic rings. The van der Waals surface area contributed by atoms with E-state index in [1.165, 1.54) is 6.07 Å². The molecule has 7 heteroatoms. The summed E-state index contributed by atoms with van der Waals surface area (Å²) < 4.78 is 0.500. The molecule has 14 heavy (non-hydrogen) atoms. The van der Waals surface area contributed by atoms with Crippen LogP contribution in [0.1, 0.15) is 0 Å². The number of aromatic nitrogens is 1. The van der Waals surface area contributed by atoms with Crippen molar-refractivity contribution in [3.8, 4) is 0 Å². The molecule has 0 fully saturated rings. The van der Waals surface area contributed by atoms with Gasteiger partial charge in [0.2, 0.25) is 0 Å². The quantitative estimate of drug-likeness (QED) is 0.627. The van der Waals surface area contributed by atoms with Gasteiger partial charge in [-0.1, -0.05) is 0 Å². The highest BCUT2D eigenvalue weighted by atomic mass is 79.9. The number of nitro groups is 1. The van der Waals surface area contributed by atoms with Gasteiger partial charge in [-0.2, -0.15) is 0 Å². The molecule has 0 atom stereocenters. The van der Waals surface area contributed by atoms with Gasteiger partial charge in [0.15, 0.2) is 0 Å². The lowest BCUT2D eigenvalue weighted by atomic mass is 10.4. The Morgan fingerprint density at radius 3 is 2.93 bits per heavy atom. The molecule has 0 aliphatic heterocycles. The van der Waals surface area contributed by atoms with Gasteiger partial charge in [0.25, 0.3) is 5.69 Å². The zero-order valence-corrected chi connectivity index (χ0v) is 8.69. The molecule has 1 aromatic heterocycles. The molecular formula is C7H8BrN3O3. The highest BCUT2D eigenvalue weighted by Gasteiger charge is 2.09. The molecule has 0 aromatic carbocycles. The van der Waals surface area contributed by atoms with E-state index in [-0.39, 0.29) is 12.3 Å². The number of rotatable bonds is 4. The average molecular weight is 262 g/mol. The van der Waals surface area contributed by atoms with Crippen LogP contribution in [-0.4, -0.2) is 28.2 Å². The predicted molar refractivity (Wildman–Crippen MR) is 54.2 cm³/mol. The first kappa shape index (κ1) is 10.9. The van der Waals surface area contributed by atoms with Crippen LogP contribution in [0, 0.1) is 10.1 Å². The highest BCUT2D eigenvalue weighted by Crippen LogP contribution is 2.23. The van der Waals surface area contributed by atoms with Crippen molar-refractivity contribution in [1.29, 1.82) is 0 Å². The Hall–Kier alpha value is -1.21. The van der Waals surface area contributed by atoms with Crippen molar-refractivity contribution >= 4 is 27.4 Å². The lowest BCUT2D eigenvalue weighted by Crippen LogP contribution is -2.07. The number of aliphatic hydroxyl groups is 1. The topological polar surface area (TPSA) is 88.3 Å². The van der Waals surface area contributed by atoms with Gasteiger partial charge >= 0.3 is 0 Å². The molecule has 0 unspecified atom stereocenters. The normalized spacial score (nSPS) is 9.86. The van der Waals surface area contributed by atoms with Gasteiger partial charge in [-0.05, 0) is 15.9 Å². The van der Waals surface area contributed by atoms with Crippen LogP contribution < -0.4 is 5.32 Å². The van der Waals surface area contributed by atoms with Crippen LogP contribution in [0.2, 0.25) is 0 Å². The van der Waals surface area contributed by atoms with Crippen LogP contribution in [0.15, 0.2) is 16.7 Å². The maximum atomic E-state index is 10.4. The Kier molecular flexibility index (Phi) is 3.78. The third-order valence-electron chi connectivity index (χ3n) is 1.44. The standard InChI is InChI=1S/C7H8BrN3O3/c8-6-3-5(11(13)14)4-10-7(6)9-1-2-12/h3-4,12H,1-2H2,(H,9,10). The zero-order valence-electron chi connectivity index (χ0n) is 7.11. The van der Waals surface area contributed by atoms with Crippen molar-refractivity contribution in [3.05, 3.63) is 26.9 Å². The number of anilines is 1. The SMILES string of the molecule is O=[N+]([O-])c1cnc(NCCO)c(Br)c1. The van der Waals surface area contributed by atoms with Gasteiger partial charge in [-0.25, -0.2) is 4.98 Å². The van der Waals surface area contributed by atoms with Gasteiger partial charge in [0.1, 0.15) is 12.0 Å². The molecule has 0 saturated heterocycles. The molecular weight excluding hydrogens is 254 g/mol. The van der Waals surface area contributed by atoms with Crippen LogP contribution >= 0.6 is 15.9 Å². The number of nitrogens with zero attached hydrogens (tertiary/aromatic N) is 2. The van der Waals surface area contributed by atoms with Gasteiger partial charge in [0.05, 0.1) is 16.0 Å². The summed E-state index contributed by atoms with van der Waals surface area (Å²) in [6, 6.07) is 1.35.